The van der Waals surface area contributed by atoms with Crippen LogP contribution in [0.15, 0.2) is 0 Å². The van der Waals surface area contributed by atoms with Crippen molar-refractivity contribution in [3.63, 3.8) is 0 Å². The summed E-state index contributed by atoms with van der Waals surface area (Å²) in [5.74, 6) is 1.66. The molecule has 18 heavy (non-hydrogen) atoms. The average Bonchev–Trinajstić information content (AvgIpc) is 2.56. The van der Waals surface area contributed by atoms with E-state index in [2.05, 4.69) is 19.2 Å². The normalized spacial score (nSPS) is 39.5. The van der Waals surface area contributed by atoms with Crippen LogP contribution in [0.2, 0.25) is 0 Å². The SMILES string of the molecule is CC1CC(C)CC(CN)(NC2CCCCCC2)C1. The minimum absolute atomic E-state index is 0.242. The topological polar surface area (TPSA) is 38.0 Å². The zero-order valence-corrected chi connectivity index (χ0v) is 12.4. The van der Waals surface area contributed by atoms with Gasteiger partial charge < -0.3 is 11.1 Å². The van der Waals surface area contributed by atoms with Gasteiger partial charge in [-0.1, -0.05) is 39.5 Å². The molecule has 2 nitrogen and oxygen atoms in total. The summed E-state index contributed by atoms with van der Waals surface area (Å²) in [6.07, 6.45) is 12.4. The number of hydrogen-bond acceptors (Lipinski definition) is 2. The molecule has 2 rings (SSSR count). The van der Waals surface area contributed by atoms with Crippen molar-refractivity contribution in [2.45, 2.75) is 83.2 Å². The molecule has 3 N–H and O–H groups in total. The molecule has 0 radical (unpaired) electrons. The Kier molecular flexibility index (Phi) is 5.08. The first-order valence-electron chi connectivity index (χ1n) is 8.11. The highest BCUT2D eigenvalue weighted by Crippen LogP contribution is 2.36. The van der Waals surface area contributed by atoms with E-state index in [1.54, 1.807) is 0 Å². The maximum Gasteiger partial charge on any atom is 0.0311 e. The number of nitrogens with one attached hydrogen (secondary N) is 1. The van der Waals surface area contributed by atoms with Crippen LogP contribution in [0.25, 0.3) is 0 Å². The van der Waals surface area contributed by atoms with E-state index in [0.717, 1.165) is 24.4 Å². The van der Waals surface area contributed by atoms with Gasteiger partial charge in [0.05, 0.1) is 0 Å². The fraction of sp³-hybridized carbons (Fsp3) is 1.00. The quantitative estimate of drug-likeness (QED) is 0.755. The van der Waals surface area contributed by atoms with Gasteiger partial charge in [0.2, 0.25) is 0 Å². The van der Waals surface area contributed by atoms with Gasteiger partial charge in [-0.2, -0.15) is 0 Å². The second-order valence-electron chi connectivity index (χ2n) is 7.17. The van der Waals surface area contributed by atoms with Crippen LogP contribution in [0, 0.1) is 11.8 Å². The van der Waals surface area contributed by atoms with Crippen LogP contribution in [-0.4, -0.2) is 18.1 Å². The summed E-state index contributed by atoms with van der Waals surface area (Å²) in [6, 6.07) is 0.730. The largest absolute Gasteiger partial charge is 0.329 e. The third kappa shape index (κ3) is 3.71. The molecule has 0 aromatic heterocycles. The van der Waals surface area contributed by atoms with Crippen LogP contribution in [-0.2, 0) is 0 Å². The van der Waals surface area contributed by atoms with Crippen LogP contribution in [0.5, 0.6) is 0 Å². The molecule has 2 aliphatic rings. The smallest absolute Gasteiger partial charge is 0.0311 e. The molecule has 106 valence electrons. The highest BCUT2D eigenvalue weighted by Gasteiger charge is 2.38. The molecule has 2 heteroatoms. The first-order chi connectivity index (χ1) is 8.63. The molecule has 2 atom stereocenters. The van der Waals surface area contributed by atoms with Crippen LogP contribution < -0.4 is 11.1 Å². The second kappa shape index (κ2) is 6.38. The zero-order valence-electron chi connectivity index (χ0n) is 12.4. The van der Waals surface area contributed by atoms with Gasteiger partial charge >= 0.3 is 0 Å². The summed E-state index contributed by atoms with van der Waals surface area (Å²) in [4.78, 5) is 0. The Labute approximate surface area is 113 Å². The second-order valence-corrected chi connectivity index (χ2v) is 7.17. The molecule has 2 saturated carbocycles. The van der Waals surface area contributed by atoms with Crippen molar-refractivity contribution in [3.05, 3.63) is 0 Å². The predicted molar refractivity (Wildman–Crippen MR) is 78.6 cm³/mol. The first-order valence-corrected chi connectivity index (χ1v) is 8.11. The van der Waals surface area contributed by atoms with Gasteiger partial charge in [0.25, 0.3) is 0 Å². The van der Waals surface area contributed by atoms with E-state index >= 15 is 0 Å². The molecular formula is C16H32N2. The summed E-state index contributed by atoms with van der Waals surface area (Å²) < 4.78 is 0. The first kappa shape index (κ1) is 14.3. The maximum absolute atomic E-state index is 6.16. The van der Waals surface area contributed by atoms with Crippen molar-refractivity contribution < 1.29 is 0 Å². The lowest BCUT2D eigenvalue weighted by Crippen LogP contribution is -2.58. The maximum atomic E-state index is 6.16. The van der Waals surface area contributed by atoms with E-state index in [1.165, 1.54) is 57.8 Å². The molecule has 0 aromatic rings. The fourth-order valence-electron chi connectivity index (χ4n) is 4.47. The molecule has 0 aliphatic heterocycles. The third-order valence-corrected chi connectivity index (χ3v) is 5.04. The minimum Gasteiger partial charge on any atom is -0.329 e. The minimum atomic E-state index is 0.242. The van der Waals surface area contributed by atoms with Crippen molar-refractivity contribution in [2.75, 3.05) is 6.54 Å². The van der Waals surface area contributed by atoms with E-state index in [0.29, 0.717) is 0 Å². The van der Waals surface area contributed by atoms with Crippen LogP contribution in [0.3, 0.4) is 0 Å². The van der Waals surface area contributed by atoms with Crippen LogP contribution in [0.4, 0.5) is 0 Å². The van der Waals surface area contributed by atoms with Crippen molar-refractivity contribution >= 4 is 0 Å². The lowest BCUT2D eigenvalue weighted by atomic mass is 9.71. The van der Waals surface area contributed by atoms with Gasteiger partial charge in [-0.3, -0.25) is 0 Å². The van der Waals surface area contributed by atoms with Crippen molar-refractivity contribution in [1.82, 2.24) is 5.32 Å². The Bertz CT molecular complexity index is 233. The van der Waals surface area contributed by atoms with Gasteiger partial charge in [0.15, 0.2) is 0 Å². The predicted octanol–water partition coefficient (Wildman–Crippen LogP) is 3.45. The summed E-state index contributed by atoms with van der Waals surface area (Å²) >= 11 is 0. The van der Waals surface area contributed by atoms with Crippen LogP contribution in [0.1, 0.15) is 71.6 Å². The summed E-state index contributed by atoms with van der Waals surface area (Å²) in [6.45, 7) is 5.61. The van der Waals surface area contributed by atoms with E-state index in [-0.39, 0.29) is 5.54 Å². The van der Waals surface area contributed by atoms with Gasteiger partial charge in [0, 0.05) is 18.1 Å². The lowest BCUT2D eigenvalue weighted by molar-refractivity contribution is 0.132. The molecule has 0 aromatic carbocycles. The van der Waals surface area contributed by atoms with Gasteiger partial charge in [-0.15, -0.1) is 0 Å². The molecule has 2 fully saturated rings. The average molecular weight is 252 g/mol. The molecule has 0 amide bonds. The summed E-state index contributed by atoms with van der Waals surface area (Å²) in [5.41, 5.74) is 6.40. The Balaban J connectivity index is 1.97. The molecule has 2 aliphatic carbocycles. The molecule has 0 heterocycles. The molecule has 0 spiro atoms. The Morgan fingerprint density at radius 2 is 1.56 bits per heavy atom. The molecule has 0 bridgehead atoms. The zero-order chi connectivity index (χ0) is 13.0. The van der Waals surface area contributed by atoms with Gasteiger partial charge in [-0.05, 0) is 43.9 Å². The summed E-state index contributed by atoms with van der Waals surface area (Å²) in [5, 5.41) is 4.00. The van der Waals surface area contributed by atoms with Gasteiger partial charge in [-0.25, -0.2) is 0 Å². The standard InChI is InChI=1S/C16H32N2/c1-13-9-14(2)11-16(10-13,12-17)18-15-7-5-3-4-6-8-15/h13-15,18H,3-12,17H2,1-2H3. The highest BCUT2D eigenvalue weighted by molar-refractivity contribution is 4.97. The molecular weight excluding hydrogens is 220 g/mol. The monoisotopic (exact) mass is 252 g/mol. The number of rotatable bonds is 3. The Morgan fingerprint density at radius 1 is 1.00 bits per heavy atom. The van der Waals surface area contributed by atoms with Crippen molar-refractivity contribution in [2.24, 2.45) is 17.6 Å². The highest BCUT2D eigenvalue weighted by atomic mass is 15.0. The molecule has 2 unspecified atom stereocenters. The number of nitrogens with two attached hydrogens (primary N) is 1. The lowest BCUT2D eigenvalue weighted by Gasteiger charge is -2.45. The van der Waals surface area contributed by atoms with Crippen LogP contribution >= 0.6 is 0 Å². The molecule has 0 saturated heterocycles. The fourth-order valence-corrected chi connectivity index (χ4v) is 4.47. The Hall–Kier alpha value is -0.0800. The van der Waals surface area contributed by atoms with E-state index < -0.39 is 0 Å². The van der Waals surface area contributed by atoms with Crippen molar-refractivity contribution in [3.8, 4) is 0 Å². The summed E-state index contributed by atoms with van der Waals surface area (Å²) in [7, 11) is 0. The van der Waals surface area contributed by atoms with Gasteiger partial charge in [0.1, 0.15) is 0 Å². The number of hydrogen-bond donors (Lipinski definition) is 2. The van der Waals surface area contributed by atoms with E-state index in [9.17, 15) is 0 Å². The third-order valence-electron chi connectivity index (χ3n) is 5.04. The van der Waals surface area contributed by atoms with Crippen molar-refractivity contribution in [1.29, 1.82) is 0 Å². The van der Waals surface area contributed by atoms with E-state index in [1.807, 2.05) is 0 Å². The van der Waals surface area contributed by atoms with E-state index in [4.69, 9.17) is 5.73 Å². The Morgan fingerprint density at radius 3 is 2.06 bits per heavy atom.